The van der Waals surface area contributed by atoms with Gasteiger partial charge in [-0.15, -0.1) is 11.3 Å². The quantitative estimate of drug-likeness (QED) is 0.567. The summed E-state index contributed by atoms with van der Waals surface area (Å²) in [5.41, 5.74) is 5.11. The predicted molar refractivity (Wildman–Crippen MR) is 121 cm³/mol. The van der Waals surface area contributed by atoms with Crippen LogP contribution in [-0.2, 0) is 16.0 Å². The molecular weight excluding hydrogens is 415 g/mol. The van der Waals surface area contributed by atoms with E-state index in [9.17, 15) is 14.0 Å². The van der Waals surface area contributed by atoms with Crippen molar-refractivity contribution in [1.29, 1.82) is 0 Å². The van der Waals surface area contributed by atoms with Crippen LogP contribution in [0.4, 0.5) is 15.1 Å². The zero-order chi connectivity index (χ0) is 22.0. The van der Waals surface area contributed by atoms with Gasteiger partial charge in [0.15, 0.2) is 0 Å². The molecule has 0 unspecified atom stereocenters. The van der Waals surface area contributed by atoms with E-state index in [4.69, 9.17) is 4.74 Å². The molecule has 160 valence electrons. The van der Waals surface area contributed by atoms with Gasteiger partial charge in [0, 0.05) is 23.2 Å². The Balaban J connectivity index is 1.56. The van der Waals surface area contributed by atoms with Crippen LogP contribution in [0.3, 0.4) is 0 Å². The Labute approximate surface area is 184 Å². The molecule has 5 nitrogen and oxygen atoms in total. The molecule has 1 aromatic heterocycles. The number of halogens is 1. The number of anilines is 2. The van der Waals surface area contributed by atoms with Crippen molar-refractivity contribution in [1.82, 2.24) is 0 Å². The SMILES string of the molecule is COC(=O)c1c(-c2ccc(F)cc2)csc1NC(=O)CN1CCCc2cc(C)ccc21. The fourth-order valence-electron chi connectivity index (χ4n) is 3.90. The highest BCUT2D eigenvalue weighted by Crippen LogP contribution is 2.36. The van der Waals surface area contributed by atoms with Crippen molar-refractivity contribution in [2.24, 2.45) is 0 Å². The van der Waals surface area contributed by atoms with E-state index in [-0.39, 0.29) is 23.8 Å². The molecule has 2 heterocycles. The van der Waals surface area contributed by atoms with Crippen LogP contribution >= 0.6 is 11.3 Å². The number of hydrogen-bond donors (Lipinski definition) is 1. The van der Waals surface area contributed by atoms with Crippen molar-refractivity contribution < 1.29 is 18.7 Å². The molecule has 0 spiro atoms. The van der Waals surface area contributed by atoms with Gasteiger partial charge < -0.3 is 15.0 Å². The number of rotatable bonds is 5. The number of nitrogens with one attached hydrogen (secondary N) is 1. The van der Waals surface area contributed by atoms with Gasteiger partial charge in [0.05, 0.1) is 13.7 Å². The number of esters is 1. The molecule has 7 heteroatoms. The molecule has 0 saturated heterocycles. The second-order valence-electron chi connectivity index (χ2n) is 7.56. The number of methoxy groups -OCH3 is 1. The lowest BCUT2D eigenvalue weighted by Gasteiger charge is -2.31. The van der Waals surface area contributed by atoms with E-state index >= 15 is 0 Å². The molecule has 2 aromatic carbocycles. The zero-order valence-corrected chi connectivity index (χ0v) is 18.2. The molecule has 1 amide bonds. The summed E-state index contributed by atoms with van der Waals surface area (Å²) in [6.45, 7) is 3.06. The molecule has 1 aliphatic heterocycles. The minimum atomic E-state index is -0.547. The Bertz CT molecular complexity index is 1120. The van der Waals surface area contributed by atoms with E-state index in [2.05, 4.69) is 35.3 Å². The molecular formula is C24H23FN2O3S. The number of carbonyl (C=O) groups excluding carboxylic acids is 2. The predicted octanol–water partition coefficient (Wildman–Crippen LogP) is 5.04. The van der Waals surface area contributed by atoms with E-state index in [1.165, 1.54) is 41.7 Å². The summed E-state index contributed by atoms with van der Waals surface area (Å²) in [6.07, 6.45) is 2.00. The average molecular weight is 439 g/mol. The van der Waals surface area contributed by atoms with Gasteiger partial charge >= 0.3 is 5.97 Å². The van der Waals surface area contributed by atoms with Gasteiger partial charge in [0.25, 0.3) is 0 Å². The molecule has 1 N–H and O–H groups in total. The third kappa shape index (κ3) is 4.46. The number of aryl methyl sites for hydroxylation is 2. The minimum absolute atomic E-state index is 0.195. The normalized spacial score (nSPS) is 12.9. The summed E-state index contributed by atoms with van der Waals surface area (Å²) in [6, 6.07) is 12.2. The second-order valence-corrected chi connectivity index (χ2v) is 8.44. The van der Waals surface area contributed by atoms with Crippen LogP contribution in [0.5, 0.6) is 0 Å². The Morgan fingerprint density at radius 2 is 1.97 bits per heavy atom. The Morgan fingerprint density at radius 3 is 2.71 bits per heavy atom. The minimum Gasteiger partial charge on any atom is -0.465 e. The van der Waals surface area contributed by atoms with Crippen molar-refractivity contribution in [2.75, 3.05) is 30.4 Å². The molecule has 1 aliphatic rings. The Hall–Kier alpha value is -3.19. The first kappa shape index (κ1) is 21.1. The molecule has 3 aromatic rings. The first-order valence-corrected chi connectivity index (χ1v) is 10.9. The van der Waals surface area contributed by atoms with Crippen LogP contribution in [0.15, 0.2) is 47.8 Å². The summed E-state index contributed by atoms with van der Waals surface area (Å²) in [7, 11) is 1.30. The molecule has 4 rings (SSSR count). The van der Waals surface area contributed by atoms with Gasteiger partial charge in [-0.1, -0.05) is 29.8 Å². The first-order chi connectivity index (χ1) is 15.0. The van der Waals surface area contributed by atoms with E-state index in [0.717, 1.165) is 25.1 Å². The summed E-state index contributed by atoms with van der Waals surface area (Å²) in [4.78, 5) is 27.4. The molecule has 0 saturated carbocycles. The zero-order valence-electron chi connectivity index (χ0n) is 17.4. The van der Waals surface area contributed by atoms with E-state index in [0.29, 0.717) is 16.1 Å². The van der Waals surface area contributed by atoms with Crippen molar-refractivity contribution in [3.63, 3.8) is 0 Å². The molecule has 0 bridgehead atoms. The standard InChI is InChI=1S/C24H23FN2O3S/c1-15-5-10-20-17(12-15)4-3-11-27(20)13-21(28)26-23-22(24(29)30-2)19(14-31-23)16-6-8-18(25)9-7-16/h5-10,12,14H,3-4,11,13H2,1-2H3,(H,26,28). The Morgan fingerprint density at radius 1 is 1.19 bits per heavy atom. The number of amides is 1. The summed E-state index contributed by atoms with van der Waals surface area (Å²) < 4.78 is 18.2. The molecule has 31 heavy (non-hydrogen) atoms. The number of fused-ring (bicyclic) bond motifs is 1. The van der Waals surface area contributed by atoms with Crippen molar-refractivity contribution >= 4 is 33.9 Å². The van der Waals surface area contributed by atoms with Crippen LogP contribution in [0.2, 0.25) is 0 Å². The fourth-order valence-corrected chi connectivity index (χ4v) is 4.88. The van der Waals surface area contributed by atoms with Gasteiger partial charge in [-0.3, -0.25) is 4.79 Å². The summed E-state index contributed by atoms with van der Waals surface area (Å²) in [5.74, 6) is -1.11. The van der Waals surface area contributed by atoms with E-state index < -0.39 is 5.97 Å². The van der Waals surface area contributed by atoms with Crippen molar-refractivity contribution in [2.45, 2.75) is 19.8 Å². The monoisotopic (exact) mass is 438 g/mol. The number of carbonyl (C=O) groups is 2. The van der Waals surface area contributed by atoms with E-state index in [1.54, 1.807) is 17.5 Å². The molecule has 0 atom stereocenters. The van der Waals surface area contributed by atoms with Crippen LogP contribution in [-0.4, -0.2) is 32.1 Å². The average Bonchev–Trinajstić information content (AvgIpc) is 3.17. The maximum atomic E-state index is 13.3. The van der Waals surface area contributed by atoms with Crippen LogP contribution in [0, 0.1) is 12.7 Å². The summed E-state index contributed by atoms with van der Waals surface area (Å²) >= 11 is 1.25. The lowest BCUT2D eigenvalue weighted by Crippen LogP contribution is -2.36. The fraction of sp³-hybridized carbons (Fsp3) is 0.250. The summed E-state index contributed by atoms with van der Waals surface area (Å²) in [5, 5.41) is 5.08. The molecule has 0 radical (unpaired) electrons. The van der Waals surface area contributed by atoms with Crippen LogP contribution in [0.25, 0.3) is 11.1 Å². The number of nitrogens with zero attached hydrogens (tertiary/aromatic N) is 1. The van der Waals surface area contributed by atoms with Crippen LogP contribution < -0.4 is 10.2 Å². The van der Waals surface area contributed by atoms with Crippen molar-refractivity contribution in [3.05, 3.63) is 70.4 Å². The van der Waals surface area contributed by atoms with Gasteiger partial charge in [0.2, 0.25) is 5.91 Å². The largest absolute Gasteiger partial charge is 0.465 e. The highest BCUT2D eigenvalue weighted by Gasteiger charge is 2.24. The smallest absolute Gasteiger partial charge is 0.341 e. The van der Waals surface area contributed by atoms with E-state index in [1.807, 2.05) is 0 Å². The maximum Gasteiger partial charge on any atom is 0.341 e. The van der Waals surface area contributed by atoms with Gasteiger partial charge in [-0.25, -0.2) is 9.18 Å². The number of thiophene rings is 1. The third-order valence-corrected chi connectivity index (χ3v) is 6.27. The lowest BCUT2D eigenvalue weighted by molar-refractivity contribution is -0.115. The number of benzene rings is 2. The van der Waals surface area contributed by atoms with Gasteiger partial charge in [-0.05, 0) is 49.1 Å². The highest BCUT2D eigenvalue weighted by molar-refractivity contribution is 7.15. The van der Waals surface area contributed by atoms with Gasteiger partial charge in [0.1, 0.15) is 16.4 Å². The lowest BCUT2D eigenvalue weighted by atomic mass is 9.99. The highest BCUT2D eigenvalue weighted by atomic mass is 32.1. The Kier molecular flexibility index (Phi) is 6.04. The van der Waals surface area contributed by atoms with Crippen LogP contribution in [0.1, 0.15) is 27.9 Å². The third-order valence-electron chi connectivity index (χ3n) is 5.37. The topological polar surface area (TPSA) is 58.6 Å². The van der Waals surface area contributed by atoms with Gasteiger partial charge in [-0.2, -0.15) is 0 Å². The molecule has 0 fully saturated rings. The number of hydrogen-bond acceptors (Lipinski definition) is 5. The second kappa shape index (κ2) is 8.89. The van der Waals surface area contributed by atoms with Crippen molar-refractivity contribution in [3.8, 4) is 11.1 Å². The molecule has 0 aliphatic carbocycles. The first-order valence-electron chi connectivity index (χ1n) is 10.1. The number of ether oxygens (including phenoxy) is 1. The maximum absolute atomic E-state index is 13.3.